The maximum Gasteiger partial charge on any atom is 1.00 e. The van der Waals surface area contributed by atoms with Crippen molar-refractivity contribution in [1.29, 1.82) is 0 Å². The second-order valence-electron chi connectivity index (χ2n) is 1.32. The van der Waals surface area contributed by atoms with Crippen molar-refractivity contribution >= 4 is 10.1 Å². The fourth-order valence-electron chi connectivity index (χ4n) is 0. The van der Waals surface area contributed by atoms with E-state index in [-0.39, 0.29) is 20.3 Å². The second-order valence-corrected chi connectivity index (χ2v) is 3.52. The van der Waals surface area contributed by atoms with Gasteiger partial charge in [0, 0.05) is 0 Å². The minimum atomic E-state index is -5.84. The summed E-state index contributed by atoms with van der Waals surface area (Å²) in [6.07, 6.45) is 0. The molecule has 0 aromatic rings. The minimum absolute atomic E-state index is 0. The van der Waals surface area contributed by atoms with Crippen molar-refractivity contribution in [1.82, 2.24) is 0 Å². The Labute approximate surface area is 91.3 Å². The van der Waals surface area contributed by atoms with Gasteiger partial charge in [0.15, 0.2) is 0 Å². The molecule has 0 aromatic carbocycles. The molecule has 0 saturated heterocycles. The molecule has 13 heteroatoms. The molecule has 0 saturated carbocycles. The largest absolute Gasteiger partial charge is 1.00 e. The van der Waals surface area contributed by atoms with Gasteiger partial charge in [0.1, 0.15) is 0 Å². The molecule has 0 aliphatic heterocycles. The molecule has 0 radical (unpaired) electrons. The third kappa shape index (κ3) is 18.3. The van der Waals surface area contributed by atoms with E-state index in [2.05, 4.69) is 0 Å². The monoisotopic (exact) mass is 258 g/mol. The molecule has 0 fully saturated rings. The molecule has 0 atom stereocenters. The van der Waals surface area contributed by atoms with E-state index in [0.29, 0.717) is 0 Å². The predicted molar refractivity (Wildman–Crippen MR) is 20.9 cm³/mol. The van der Waals surface area contributed by atoms with E-state index < -0.39 is 25.9 Å². The van der Waals surface area contributed by atoms with E-state index in [1.807, 2.05) is 0 Å². The van der Waals surface area contributed by atoms with E-state index in [0.717, 1.165) is 0 Å². The summed E-state index contributed by atoms with van der Waals surface area (Å²) in [7, 11) is -10.5. The molecular weight excluding hydrogens is 255 g/mol. The Morgan fingerprint density at radius 3 is 1.29 bits per heavy atom. The zero-order chi connectivity index (χ0) is 11.5. The van der Waals surface area contributed by atoms with Gasteiger partial charge < -0.3 is 1.43 Å². The van der Waals surface area contributed by atoms with Gasteiger partial charge >= 0.3 is 34.5 Å². The Kier molecular flexibility index (Phi) is 8.69. The number of rotatable bonds is 0. The van der Waals surface area contributed by atoms with Gasteiger partial charge in [0.05, 0.1) is 14.9 Å². The van der Waals surface area contributed by atoms with Crippen LogP contribution in [0.3, 0.4) is 0 Å². The average molecular weight is 258 g/mol. The molecule has 0 amide bonds. The van der Waals surface area contributed by atoms with Crippen LogP contribution in [0.2, 0.25) is 0 Å². The van der Waals surface area contributed by atoms with Gasteiger partial charge in [-0.3, -0.25) is 4.55 Å². The van der Waals surface area contributed by atoms with Crippen LogP contribution < -0.4 is 32.8 Å². The molecule has 0 heterocycles. The molecule has 0 spiro atoms. The van der Waals surface area contributed by atoms with E-state index in [1.54, 1.807) is 0 Å². The van der Waals surface area contributed by atoms with Gasteiger partial charge in [-0.25, -0.2) is 0 Å². The van der Waals surface area contributed by atoms with Crippen molar-refractivity contribution in [3.8, 4) is 0 Å². The molecule has 0 aliphatic rings. The summed E-state index contributed by atoms with van der Waals surface area (Å²) in [6.45, 7) is 0. The summed E-state index contributed by atoms with van der Waals surface area (Å²) in [5.74, 6) is 0. The van der Waals surface area contributed by atoms with Crippen LogP contribution in [0.5, 0.6) is 0 Å². The number of hydrogen-bond donors (Lipinski definition) is 2. The van der Waals surface area contributed by atoms with E-state index in [1.165, 1.54) is 0 Å². The minimum Gasteiger partial charge on any atom is -1.00 e. The fourth-order valence-corrected chi connectivity index (χ4v) is 0. The Morgan fingerprint density at radius 1 is 1.21 bits per heavy atom. The van der Waals surface area contributed by atoms with Gasteiger partial charge in [0.2, 0.25) is 0 Å². The normalized spacial score (nSPS) is 12.3. The molecule has 7 nitrogen and oxygen atoms in total. The first kappa shape index (κ1) is 19.9. The van der Waals surface area contributed by atoms with Crippen LogP contribution in [-0.2, 0) is 10.1 Å². The Balaban J connectivity index is -0.0000000770. The molecule has 0 bridgehead atoms. The number of alkyl halides is 3. The van der Waals surface area contributed by atoms with E-state index in [4.69, 9.17) is 31.6 Å². The first-order valence-electron chi connectivity index (χ1n) is 1.92. The van der Waals surface area contributed by atoms with Gasteiger partial charge in [-0.05, 0) is 0 Å². The standard InChI is InChI=1S/CHF3O3S.ClHO4.Li.H/c2-1(3,4)8(5,6)7;2-1(3,4)5;;/h(H,5,6,7);(H,2,3,4,5);;/q;;+1;-1. The summed E-state index contributed by atoms with van der Waals surface area (Å²) in [5.41, 5.74) is -5.53. The van der Waals surface area contributed by atoms with Crippen molar-refractivity contribution in [2.45, 2.75) is 5.51 Å². The van der Waals surface area contributed by atoms with E-state index in [9.17, 15) is 13.2 Å². The van der Waals surface area contributed by atoms with Gasteiger partial charge in [-0.1, -0.05) is 0 Å². The van der Waals surface area contributed by atoms with Gasteiger partial charge in [-0.2, -0.15) is 35.6 Å². The summed E-state index contributed by atoms with van der Waals surface area (Å²) in [4.78, 5) is 0. The van der Waals surface area contributed by atoms with Gasteiger partial charge in [0.25, 0.3) is 0 Å². The van der Waals surface area contributed by atoms with Crippen LogP contribution in [0.25, 0.3) is 0 Å². The fraction of sp³-hybridized carbons (Fsp3) is 1.00. The second kappa shape index (κ2) is 6.11. The molecule has 14 heavy (non-hydrogen) atoms. The van der Waals surface area contributed by atoms with Crippen molar-refractivity contribution in [3.63, 3.8) is 0 Å². The predicted octanol–water partition coefficient (Wildman–Crippen LogP) is -6.61. The van der Waals surface area contributed by atoms with Crippen molar-refractivity contribution in [2.24, 2.45) is 0 Å². The third-order valence-corrected chi connectivity index (χ3v) is 0.877. The molecule has 0 aromatic heterocycles. The first-order chi connectivity index (χ1) is 5.25. The van der Waals surface area contributed by atoms with Crippen LogP contribution in [-0.4, -0.2) is 23.1 Å². The summed E-state index contributed by atoms with van der Waals surface area (Å²) < 4.78 is 90.3. The van der Waals surface area contributed by atoms with Crippen LogP contribution >= 0.6 is 0 Å². The summed E-state index contributed by atoms with van der Waals surface area (Å²) in [6, 6.07) is 0. The van der Waals surface area contributed by atoms with Crippen molar-refractivity contribution in [3.05, 3.63) is 0 Å². The molecule has 84 valence electrons. The van der Waals surface area contributed by atoms with Crippen molar-refractivity contribution < 1.29 is 75.3 Å². The topological polar surface area (TPSA) is 144 Å². The molecule has 2 N–H and O–H groups in total. The van der Waals surface area contributed by atoms with Crippen LogP contribution in [0.4, 0.5) is 13.2 Å². The quantitative estimate of drug-likeness (QED) is 0.250. The molecule has 0 unspecified atom stereocenters. The summed E-state index contributed by atoms with van der Waals surface area (Å²) >= 11 is 0. The molecule has 0 aliphatic carbocycles. The Hall–Kier alpha value is 0.427. The van der Waals surface area contributed by atoms with Crippen LogP contribution in [0.15, 0.2) is 0 Å². The van der Waals surface area contributed by atoms with Crippen molar-refractivity contribution in [2.75, 3.05) is 0 Å². The van der Waals surface area contributed by atoms with E-state index >= 15 is 0 Å². The van der Waals surface area contributed by atoms with Crippen LogP contribution in [0.1, 0.15) is 1.43 Å². The smallest absolute Gasteiger partial charge is 1.00 e. The average Bonchev–Trinajstić information content (AvgIpc) is 1.50. The zero-order valence-electron chi connectivity index (χ0n) is 7.36. The molecular formula is CH3ClF3LiO7S. The third-order valence-electron chi connectivity index (χ3n) is 0.292. The maximum atomic E-state index is 10.7. The molecule has 0 rings (SSSR count). The Bertz CT molecular complexity index is 240. The zero-order valence-corrected chi connectivity index (χ0v) is 7.93. The SMILES string of the molecule is O=S(=O)(O)C(F)(F)F.[H-].[Li+].[O-][Cl+3]([O-])([O-])O. The van der Waals surface area contributed by atoms with Crippen LogP contribution in [0, 0.1) is 10.2 Å². The summed E-state index contributed by atoms with van der Waals surface area (Å²) in [5, 5.41) is 0. The number of halogens is 4. The van der Waals surface area contributed by atoms with Gasteiger partial charge in [-0.15, -0.1) is 0 Å². The first-order valence-corrected chi connectivity index (χ1v) is 4.62. The number of hydrogen-bond acceptors (Lipinski definition) is 6. The Morgan fingerprint density at radius 2 is 1.29 bits per heavy atom. The maximum absolute atomic E-state index is 10.7.